The predicted molar refractivity (Wildman–Crippen MR) is 145 cm³/mol. The van der Waals surface area contributed by atoms with Crippen molar-refractivity contribution in [3.05, 3.63) is 47.3 Å². The van der Waals surface area contributed by atoms with Crippen LogP contribution in [0.4, 0.5) is 27.6 Å². The third-order valence-corrected chi connectivity index (χ3v) is 9.39. The molecule has 0 amide bonds. The minimum atomic E-state index is -4.92. The zero-order chi connectivity index (χ0) is 27.2. The second kappa shape index (κ2) is 13.1. The summed E-state index contributed by atoms with van der Waals surface area (Å²) in [4.78, 5) is 4.44. The van der Waals surface area contributed by atoms with Gasteiger partial charge in [-0.1, -0.05) is 31.5 Å². The number of hydrogen-bond acceptors (Lipinski definition) is 5. The molecule has 0 radical (unpaired) electrons. The van der Waals surface area contributed by atoms with Crippen molar-refractivity contribution < 1.29 is 22.0 Å². The largest absolute Gasteiger partial charge is 0.426 e. The number of alkyl halides is 5. The third kappa shape index (κ3) is 8.07. The Balaban J connectivity index is 0.000000266. The van der Waals surface area contributed by atoms with Gasteiger partial charge < -0.3 is 9.80 Å². The first-order chi connectivity index (χ1) is 17.4. The lowest BCUT2D eigenvalue weighted by molar-refractivity contribution is -0.228. The quantitative estimate of drug-likeness (QED) is 0.261. The van der Waals surface area contributed by atoms with Gasteiger partial charge in [-0.25, -0.2) is 13.1 Å². The minimum absolute atomic E-state index is 0.365. The normalized spacial score (nSPS) is 25.3. The summed E-state index contributed by atoms with van der Waals surface area (Å²) in [5.74, 6) is 0. The van der Waals surface area contributed by atoms with Crippen LogP contribution < -0.4 is 4.90 Å². The Labute approximate surface area is 226 Å². The molecule has 0 aliphatic carbocycles. The first-order valence-corrected chi connectivity index (χ1v) is 14.5. The van der Waals surface area contributed by atoms with Gasteiger partial charge in [0, 0.05) is 44.0 Å². The van der Waals surface area contributed by atoms with Gasteiger partial charge in [0.05, 0.1) is 4.21 Å². The second-order valence-corrected chi connectivity index (χ2v) is 12.4. The molecule has 10 heteroatoms. The molecular weight excluding hydrogens is 525 g/mol. The van der Waals surface area contributed by atoms with E-state index >= 15 is 0 Å². The highest BCUT2D eigenvalue weighted by Crippen LogP contribution is 2.42. The fraction of sp³-hybridized carbons (Fsp3) is 0.630. The van der Waals surface area contributed by atoms with E-state index in [1.807, 2.05) is 11.4 Å². The highest BCUT2D eigenvalue weighted by molar-refractivity contribution is 7.98. The Hall–Kier alpha value is -1.36. The number of anilines is 1. The van der Waals surface area contributed by atoms with Crippen LogP contribution >= 0.6 is 23.3 Å². The maximum Gasteiger partial charge on any atom is 0.426 e. The van der Waals surface area contributed by atoms with Crippen LogP contribution in [0.3, 0.4) is 0 Å². The molecule has 2 aliphatic heterocycles. The molecule has 1 aromatic heterocycles. The summed E-state index contributed by atoms with van der Waals surface area (Å²) >= 11 is 3.43. The number of piperidine rings is 1. The lowest BCUT2D eigenvalue weighted by Gasteiger charge is -2.39. The summed E-state index contributed by atoms with van der Waals surface area (Å²) in [5, 5.41) is 2.04. The Morgan fingerprint density at radius 1 is 1.00 bits per heavy atom. The number of benzene rings is 1. The molecule has 0 saturated carbocycles. The zero-order valence-corrected chi connectivity index (χ0v) is 23.6. The summed E-state index contributed by atoms with van der Waals surface area (Å²) < 4.78 is 69.0. The molecule has 2 saturated heterocycles. The summed E-state index contributed by atoms with van der Waals surface area (Å²) in [5.41, 5.74) is -2.88. The van der Waals surface area contributed by atoms with Gasteiger partial charge in [-0.2, -0.15) is 13.2 Å². The Morgan fingerprint density at radius 2 is 1.65 bits per heavy atom. The van der Waals surface area contributed by atoms with Crippen LogP contribution in [-0.2, 0) is 5.67 Å². The van der Waals surface area contributed by atoms with Gasteiger partial charge >= 0.3 is 6.18 Å². The molecule has 208 valence electrons. The highest BCUT2D eigenvalue weighted by atomic mass is 32.2. The van der Waals surface area contributed by atoms with E-state index in [-0.39, 0.29) is 5.56 Å². The second-order valence-electron chi connectivity index (χ2n) is 10.0. The number of piperazine rings is 1. The first-order valence-electron chi connectivity index (χ1n) is 12.9. The van der Waals surface area contributed by atoms with Crippen molar-refractivity contribution >= 4 is 29.0 Å². The number of rotatable bonds is 6. The Kier molecular flexibility index (Phi) is 10.7. The maximum atomic E-state index is 14.0. The summed E-state index contributed by atoms with van der Waals surface area (Å²) in [7, 11) is 2.12. The van der Waals surface area contributed by atoms with Gasteiger partial charge in [-0.15, -0.1) is 11.3 Å². The van der Waals surface area contributed by atoms with Crippen molar-refractivity contribution in [2.24, 2.45) is 0 Å². The van der Waals surface area contributed by atoms with Crippen LogP contribution in [0.1, 0.15) is 52.0 Å². The van der Waals surface area contributed by atoms with Gasteiger partial charge in [0.2, 0.25) is 5.67 Å². The average molecular weight is 564 g/mol. The van der Waals surface area contributed by atoms with Crippen molar-refractivity contribution in [2.45, 2.75) is 80.8 Å². The Bertz CT molecular complexity index is 929. The molecule has 4 rings (SSSR count). The van der Waals surface area contributed by atoms with Crippen LogP contribution in [-0.4, -0.2) is 66.9 Å². The van der Waals surface area contributed by atoms with Crippen LogP contribution in [0.25, 0.3) is 0 Å². The van der Waals surface area contributed by atoms with E-state index in [4.69, 9.17) is 0 Å². The molecule has 2 fully saturated rings. The fourth-order valence-electron chi connectivity index (χ4n) is 4.74. The molecule has 37 heavy (non-hydrogen) atoms. The molecule has 3 unspecified atom stereocenters. The monoisotopic (exact) mass is 563 g/mol. The molecule has 3 heterocycles. The van der Waals surface area contributed by atoms with Crippen molar-refractivity contribution in [1.82, 2.24) is 9.21 Å². The molecule has 2 aliphatic rings. The van der Waals surface area contributed by atoms with Crippen molar-refractivity contribution in [2.75, 3.05) is 38.1 Å². The van der Waals surface area contributed by atoms with E-state index < -0.39 is 18.0 Å². The molecule has 0 bridgehead atoms. The number of nitrogens with zero attached hydrogens (tertiary/aromatic N) is 3. The standard InChI is InChI=1S/C17H18F4N2S2.C10H20FN/c1-16(18,17(19,20)21)13-4-6-14(7-5-13)22-8-10-23(11-9-22)25-15-3-2-12-24-15;1-4-5-10-7-9(11)6-8(2)12(10)3/h2-7,12H,8-11H2,1H3;8-10H,4-7H2,1-3H3/t16-;/m1./s1. The highest BCUT2D eigenvalue weighted by Gasteiger charge is 2.53. The molecule has 4 atom stereocenters. The lowest BCUT2D eigenvalue weighted by Crippen LogP contribution is -2.46. The zero-order valence-electron chi connectivity index (χ0n) is 22.0. The van der Waals surface area contributed by atoms with Crippen LogP contribution in [0.15, 0.2) is 46.0 Å². The smallest absolute Gasteiger partial charge is 0.369 e. The van der Waals surface area contributed by atoms with Gasteiger partial charge in [0.15, 0.2) is 0 Å². The summed E-state index contributed by atoms with van der Waals surface area (Å²) in [6.07, 6.45) is -1.71. The molecule has 0 spiro atoms. The molecule has 2 aromatic rings. The molecular formula is C27H38F5N3S2. The molecule has 1 aromatic carbocycles. The van der Waals surface area contributed by atoms with Crippen molar-refractivity contribution in [3.63, 3.8) is 0 Å². The van der Waals surface area contributed by atoms with Crippen LogP contribution in [0, 0.1) is 0 Å². The third-order valence-electron chi connectivity index (χ3n) is 7.28. The van der Waals surface area contributed by atoms with E-state index in [2.05, 4.69) is 41.1 Å². The van der Waals surface area contributed by atoms with Crippen LogP contribution in [0.5, 0.6) is 0 Å². The Morgan fingerprint density at radius 3 is 2.19 bits per heavy atom. The number of hydrogen-bond donors (Lipinski definition) is 0. The SMILES string of the molecule is CCCC1CC(F)CC(C)N1C.C[C@@](F)(c1ccc(N2CCN(Sc3cccs3)CC2)cc1)C(F)(F)F. The van der Waals surface area contributed by atoms with Gasteiger partial charge in [0.25, 0.3) is 0 Å². The molecule has 0 N–H and O–H groups in total. The van der Waals surface area contributed by atoms with E-state index in [9.17, 15) is 22.0 Å². The maximum absolute atomic E-state index is 14.0. The topological polar surface area (TPSA) is 9.72 Å². The predicted octanol–water partition coefficient (Wildman–Crippen LogP) is 7.93. The number of likely N-dealkylation sites (tertiary alicyclic amines) is 1. The number of thiophene rings is 1. The number of halogens is 5. The minimum Gasteiger partial charge on any atom is -0.369 e. The van der Waals surface area contributed by atoms with Gasteiger partial charge in [-0.05, 0) is 81.2 Å². The van der Waals surface area contributed by atoms with E-state index in [1.54, 1.807) is 35.4 Å². The summed E-state index contributed by atoms with van der Waals surface area (Å²) in [6.45, 7) is 8.12. The van der Waals surface area contributed by atoms with Crippen molar-refractivity contribution in [1.29, 1.82) is 0 Å². The fourth-order valence-corrected chi connectivity index (χ4v) is 6.58. The van der Waals surface area contributed by atoms with E-state index in [0.29, 0.717) is 19.0 Å². The van der Waals surface area contributed by atoms with E-state index in [0.717, 1.165) is 57.5 Å². The first kappa shape index (κ1) is 30.2. The van der Waals surface area contributed by atoms with Crippen LogP contribution in [0.2, 0.25) is 0 Å². The molecule has 3 nitrogen and oxygen atoms in total. The van der Waals surface area contributed by atoms with Gasteiger partial charge in [-0.3, -0.25) is 0 Å². The average Bonchev–Trinajstić information content (AvgIpc) is 3.36. The summed E-state index contributed by atoms with van der Waals surface area (Å²) in [6, 6.07) is 10.6. The van der Waals surface area contributed by atoms with E-state index in [1.165, 1.54) is 16.3 Å². The van der Waals surface area contributed by atoms with Gasteiger partial charge in [0.1, 0.15) is 6.17 Å². The van der Waals surface area contributed by atoms with Crippen molar-refractivity contribution in [3.8, 4) is 0 Å². The lowest BCUT2D eigenvalue weighted by atomic mass is 9.93.